The van der Waals surface area contributed by atoms with Gasteiger partial charge < -0.3 is 0 Å². The molecule has 0 aliphatic rings. The summed E-state index contributed by atoms with van der Waals surface area (Å²) in [6.07, 6.45) is 7.57. The highest BCUT2D eigenvalue weighted by Crippen LogP contribution is 2.19. The van der Waals surface area contributed by atoms with E-state index in [4.69, 9.17) is 0 Å². The first-order valence-electron chi connectivity index (χ1n) is 5.09. The summed E-state index contributed by atoms with van der Waals surface area (Å²) in [7, 11) is 0. The van der Waals surface area contributed by atoms with Gasteiger partial charge in [0.15, 0.2) is 11.9 Å². The van der Waals surface area contributed by atoms with Crippen LogP contribution in [0.25, 0.3) is 17.0 Å². The second-order valence-corrected chi connectivity index (χ2v) is 3.49. The Morgan fingerprint density at radius 2 is 2.18 bits per heavy atom. The Bertz CT molecular complexity index is 675. The van der Waals surface area contributed by atoms with Gasteiger partial charge in [0.05, 0.1) is 0 Å². The Labute approximate surface area is 96.8 Å². The van der Waals surface area contributed by atoms with Crippen LogP contribution in [0, 0.1) is 0 Å². The van der Waals surface area contributed by atoms with Gasteiger partial charge in [0.2, 0.25) is 0 Å². The van der Waals surface area contributed by atoms with Crippen molar-refractivity contribution in [1.82, 2.24) is 19.4 Å². The fourth-order valence-electron chi connectivity index (χ4n) is 1.73. The van der Waals surface area contributed by atoms with Crippen molar-refractivity contribution in [2.24, 2.45) is 0 Å². The first kappa shape index (κ1) is 9.65. The summed E-state index contributed by atoms with van der Waals surface area (Å²) in [5, 5.41) is 0. The van der Waals surface area contributed by atoms with Crippen LogP contribution >= 0.6 is 0 Å². The van der Waals surface area contributed by atoms with E-state index in [0.717, 1.165) is 5.56 Å². The van der Waals surface area contributed by atoms with Crippen molar-refractivity contribution in [2.45, 2.75) is 0 Å². The standard InChI is InChI=1S/C12H8N4O/c17-8-10-12-14-5-2-6-16(12)11(15-10)9-3-1-4-13-7-9/h1-8H. The van der Waals surface area contributed by atoms with Gasteiger partial charge in [-0.25, -0.2) is 9.97 Å². The SMILES string of the molecule is O=Cc1nc(-c2cccnc2)n2cccnc12. The van der Waals surface area contributed by atoms with E-state index in [-0.39, 0.29) is 0 Å². The molecule has 3 aromatic rings. The van der Waals surface area contributed by atoms with Gasteiger partial charge in [-0.3, -0.25) is 14.2 Å². The van der Waals surface area contributed by atoms with Crippen molar-refractivity contribution in [3.05, 3.63) is 48.7 Å². The van der Waals surface area contributed by atoms with E-state index >= 15 is 0 Å². The van der Waals surface area contributed by atoms with Crippen LogP contribution in [0.2, 0.25) is 0 Å². The van der Waals surface area contributed by atoms with Crippen LogP contribution in [-0.2, 0) is 0 Å². The number of aldehydes is 1. The third-order valence-electron chi connectivity index (χ3n) is 2.46. The molecule has 0 aliphatic heterocycles. The lowest BCUT2D eigenvalue weighted by Gasteiger charge is -1.98. The summed E-state index contributed by atoms with van der Waals surface area (Å²) in [6.45, 7) is 0. The molecule has 0 radical (unpaired) electrons. The van der Waals surface area contributed by atoms with Crippen molar-refractivity contribution in [3.63, 3.8) is 0 Å². The molecule has 3 heterocycles. The van der Waals surface area contributed by atoms with Crippen LogP contribution in [0.4, 0.5) is 0 Å². The number of carbonyl (C=O) groups is 1. The van der Waals surface area contributed by atoms with Gasteiger partial charge >= 0.3 is 0 Å². The summed E-state index contributed by atoms with van der Waals surface area (Å²) >= 11 is 0. The molecule has 0 saturated heterocycles. The summed E-state index contributed by atoms with van der Waals surface area (Å²) in [4.78, 5) is 23.4. The fourth-order valence-corrected chi connectivity index (χ4v) is 1.73. The van der Waals surface area contributed by atoms with Gasteiger partial charge in [-0.2, -0.15) is 0 Å². The smallest absolute Gasteiger partial charge is 0.172 e. The van der Waals surface area contributed by atoms with Crippen LogP contribution in [0.5, 0.6) is 0 Å². The topological polar surface area (TPSA) is 60.2 Å². The lowest BCUT2D eigenvalue weighted by Crippen LogP contribution is -1.90. The van der Waals surface area contributed by atoms with Crippen LogP contribution in [0.3, 0.4) is 0 Å². The minimum atomic E-state index is 0.337. The Hall–Kier alpha value is -2.56. The minimum absolute atomic E-state index is 0.337. The second-order valence-electron chi connectivity index (χ2n) is 3.49. The molecule has 0 N–H and O–H groups in total. The number of rotatable bonds is 2. The number of fused-ring (bicyclic) bond motifs is 1. The van der Waals surface area contributed by atoms with E-state index < -0.39 is 0 Å². The highest BCUT2D eigenvalue weighted by molar-refractivity contribution is 5.83. The molecule has 0 unspecified atom stereocenters. The molecule has 0 saturated carbocycles. The molecule has 0 amide bonds. The van der Waals surface area contributed by atoms with Crippen LogP contribution < -0.4 is 0 Å². The van der Waals surface area contributed by atoms with Crippen LogP contribution in [-0.4, -0.2) is 25.6 Å². The third-order valence-corrected chi connectivity index (χ3v) is 2.46. The molecule has 5 heteroatoms. The maximum absolute atomic E-state index is 10.9. The molecule has 3 rings (SSSR count). The number of hydrogen-bond acceptors (Lipinski definition) is 4. The Morgan fingerprint density at radius 3 is 2.94 bits per heavy atom. The van der Waals surface area contributed by atoms with E-state index in [0.29, 0.717) is 23.5 Å². The molecular formula is C12H8N4O. The third kappa shape index (κ3) is 1.48. The maximum atomic E-state index is 10.9. The maximum Gasteiger partial charge on any atom is 0.172 e. The Balaban J connectivity index is 2.34. The molecule has 0 atom stereocenters. The normalized spacial score (nSPS) is 10.6. The molecule has 3 aromatic heterocycles. The predicted molar refractivity (Wildman–Crippen MR) is 61.6 cm³/mol. The van der Waals surface area contributed by atoms with Gasteiger partial charge in [-0.1, -0.05) is 0 Å². The molecule has 5 nitrogen and oxygen atoms in total. The van der Waals surface area contributed by atoms with Crippen molar-refractivity contribution in [3.8, 4) is 11.4 Å². The number of imidazole rings is 1. The largest absolute Gasteiger partial charge is 0.296 e. The van der Waals surface area contributed by atoms with Crippen LogP contribution in [0.1, 0.15) is 10.5 Å². The minimum Gasteiger partial charge on any atom is -0.296 e. The zero-order valence-electron chi connectivity index (χ0n) is 8.82. The molecule has 0 spiro atoms. The molecule has 0 bridgehead atoms. The van der Waals surface area contributed by atoms with Gasteiger partial charge in [0.25, 0.3) is 0 Å². The monoisotopic (exact) mass is 224 g/mol. The average Bonchev–Trinajstić information content (AvgIpc) is 2.78. The van der Waals surface area contributed by atoms with Crippen LogP contribution in [0.15, 0.2) is 43.0 Å². The summed E-state index contributed by atoms with van der Waals surface area (Å²) in [6, 6.07) is 5.51. The lowest BCUT2D eigenvalue weighted by molar-refractivity contribution is 0.112. The van der Waals surface area contributed by atoms with Gasteiger partial charge in [0.1, 0.15) is 11.5 Å². The number of aromatic nitrogens is 4. The number of carbonyl (C=O) groups excluding carboxylic acids is 1. The first-order valence-corrected chi connectivity index (χ1v) is 5.09. The Kier molecular flexibility index (Phi) is 2.15. The highest BCUT2D eigenvalue weighted by atomic mass is 16.1. The summed E-state index contributed by atoms with van der Waals surface area (Å²) < 4.78 is 1.78. The van der Waals surface area contributed by atoms with E-state index in [2.05, 4.69) is 15.0 Å². The van der Waals surface area contributed by atoms with Gasteiger partial charge in [-0.05, 0) is 18.2 Å². The summed E-state index contributed by atoms with van der Waals surface area (Å²) in [5.74, 6) is 0.670. The van der Waals surface area contributed by atoms with Crippen molar-refractivity contribution >= 4 is 11.9 Å². The number of nitrogens with zero attached hydrogens (tertiary/aromatic N) is 4. The van der Waals surface area contributed by atoms with Crippen molar-refractivity contribution in [1.29, 1.82) is 0 Å². The van der Waals surface area contributed by atoms with E-state index in [1.54, 1.807) is 29.1 Å². The predicted octanol–water partition coefficient (Wildman–Crippen LogP) is 1.60. The highest BCUT2D eigenvalue weighted by Gasteiger charge is 2.12. The zero-order valence-corrected chi connectivity index (χ0v) is 8.82. The quantitative estimate of drug-likeness (QED) is 0.620. The second kappa shape index (κ2) is 3.79. The molecule has 0 aliphatic carbocycles. The summed E-state index contributed by atoms with van der Waals surface area (Å²) in [5.41, 5.74) is 1.74. The van der Waals surface area contributed by atoms with Gasteiger partial charge in [-0.15, -0.1) is 0 Å². The molecule has 0 fully saturated rings. The molecule has 0 aromatic carbocycles. The Morgan fingerprint density at radius 1 is 1.24 bits per heavy atom. The molecule has 82 valence electrons. The zero-order chi connectivity index (χ0) is 11.7. The number of pyridine rings is 1. The van der Waals surface area contributed by atoms with E-state index in [1.165, 1.54) is 0 Å². The molecular weight excluding hydrogens is 216 g/mol. The van der Waals surface area contributed by atoms with Gasteiger partial charge in [0, 0.05) is 30.4 Å². The molecule has 17 heavy (non-hydrogen) atoms. The lowest BCUT2D eigenvalue weighted by atomic mass is 10.3. The number of hydrogen-bond donors (Lipinski definition) is 0. The van der Waals surface area contributed by atoms with Crippen molar-refractivity contribution < 1.29 is 4.79 Å². The average molecular weight is 224 g/mol. The van der Waals surface area contributed by atoms with E-state index in [9.17, 15) is 4.79 Å². The fraction of sp³-hybridized carbons (Fsp3) is 0. The van der Waals surface area contributed by atoms with Crippen molar-refractivity contribution in [2.75, 3.05) is 0 Å². The van der Waals surface area contributed by atoms with E-state index in [1.807, 2.05) is 18.3 Å². The first-order chi connectivity index (χ1) is 8.40.